The van der Waals surface area contributed by atoms with Crippen molar-refractivity contribution in [2.45, 2.75) is 58.4 Å². The molecule has 2 N–H and O–H groups in total. The molecule has 1 saturated heterocycles. The highest BCUT2D eigenvalue weighted by Crippen LogP contribution is 2.19. The molecule has 0 aromatic rings. The molecule has 1 aliphatic rings. The van der Waals surface area contributed by atoms with Gasteiger partial charge in [0.1, 0.15) is 0 Å². The first-order chi connectivity index (χ1) is 9.22. The molecule has 4 heteroatoms. The van der Waals surface area contributed by atoms with Gasteiger partial charge in [0.25, 0.3) is 0 Å². The van der Waals surface area contributed by atoms with E-state index in [0.717, 1.165) is 39.0 Å². The summed E-state index contributed by atoms with van der Waals surface area (Å²) in [5.74, 6) is 0.303. The maximum absolute atomic E-state index is 11.9. The zero-order valence-electron chi connectivity index (χ0n) is 12.7. The maximum Gasteiger partial charge on any atom is 0.222 e. The number of carbonyl (C=O) groups excluding carboxylic acids is 1. The Bertz CT molecular complexity index is 252. The smallest absolute Gasteiger partial charge is 0.222 e. The molecule has 0 aromatic carbocycles. The molecule has 19 heavy (non-hydrogen) atoms. The lowest BCUT2D eigenvalue weighted by molar-refractivity contribution is -0.131. The number of nitrogens with zero attached hydrogens (tertiary/aromatic N) is 2. The highest BCUT2D eigenvalue weighted by Gasteiger charge is 2.21. The Labute approximate surface area is 118 Å². The third-order valence-electron chi connectivity index (χ3n) is 4.20. The summed E-state index contributed by atoms with van der Waals surface area (Å²) in [7, 11) is 0. The normalized spacial score (nSPS) is 20.5. The molecular weight excluding hydrogens is 238 g/mol. The molecule has 1 aliphatic heterocycles. The fourth-order valence-electron chi connectivity index (χ4n) is 3.04. The summed E-state index contributed by atoms with van der Waals surface area (Å²) in [5.41, 5.74) is 5.69. The summed E-state index contributed by atoms with van der Waals surface area (Å²) in [6, 6.07) is 0.655. The summed E-state index contributed by atoms with van der Waals surface area (Å²) in [6.45, 7) is 8.76. The monoisotopic (exact) mass is 269 g/mol. The summed E-state index contributed by atoms with van der Waals surface area (Å²) < 4.78 is 0. The Morgan fingerprint density at radius 2 is 2.05 bits per heavy atom. The number of likely N-dealkylation sites (tertiary alicyclic amines) is 1. The molecule has 1 amide bonds. The minimum absolute atomic E-state index is 0.303. The molecule has 1 heterocycles. The standard InChI is InChI=1S/C15H31N3O/c1-3-17(4-2)15(19)9-7-13-18-12-6-5-8-14(18)10-11-16/h14H,3-13,16H2,1-2H3. The quantitative estimate of drug-likeness (QED) is 0.731. The lowest BCUT2D eigenvalue weighted by Crippen LogP contribution is -2.41. The highest BCUT2D eigenvalue weighted by molar-refractivity contribution is 5.76. The van der Waals surface area contributed by atoms with Gasteiger partial charge >= 0.3 is 0 Å². The Morgan fingerprint density at radius 3 is 2.68 bits per heavy atom. The average molecular weight is 269 g/mol. The average Bonchev–Trinajstić information content (AvgIpc) is 2.42. The van der Waals surface area contributed by atoms with Crippen molar-refractivity contribution in [1.82, 2.24) is 9.80 Å². The lowest BCUT2D eigenvalue weighted by atomic mass is 9.99. The fourth-order valence-corrected chi connectivity index (χ4v) is 3.04. The molecule has 1 fully saturated rings. The zero-order valence-corrected chi connectivity index (χ0v) is 12.7. The van der Waals surface area contributed by atoms with E-state index in [1.807, 2.05) is 18.7 Å². The van der Waals surface area contributed by atoms with Gasteiger partial charge < -0.3 is 15.5 Å². The van der Waals surface area contributed by atoms with Gasteiger partial charge in [-0.05, 0) is 59.2 Å². The number of hydrogen-bond donors (Lipinski definition) is 1. The van der Waals surface area contributed by atoms with Crippen LogP contribution in [-0.2, 0) is 4.79 Å². The van der Waals surface area contributed by atoms with Crippen molar-refractivity contribution >= 4 is 5.91 Å². The van der Waals surface area contributed by atoms with E-state index < -0.39 is 0 Å². The molecule has 0 saturated carbocycles. The molecular formula is C15H31N3O. The first-order valence-electron chi connectivity index (χ1n) is 7.94. The third-order valence-corrected chi connectivity index (χ3v) is 4.20. The molecule has 1 atom stereocenters. The minimum Gasteiger partial charge on any atom is -0.343 e. The highest BCUT2D eigenvalue weighted by atomic mass is 16.2. The van der Waals surface area contributed by atoms with E-state index in [0.29, 0.717) is 18.4 Å². The van der Waals surface area contributed by atoms with E-state index in [9.17, 15) is 4.79 Å². The van der Waals surface area contributed by atoms with Crippen molar-refractivity contribution in [3.8, 4) is 0 Å². The van der Waals surface area contributed by atoms with E-state index in [1.165, 1.54) is 25.8 Å². The van der Waals surface area contributed by atoms with E-state index in [-0.39, 0.29) is 0 Å². The van der Waals surface area contributed by atoms with E-state index in [1.54, 1.807) is 0 Å². The van der Waals surface area contributed by atoms with Crippen molar-refractivity contribution < 1.29 is 4.79 Å². The second kappa shape index (κ2) is 9.32. The Kier molecular flexibility index (Phi) is 8.07. The van der Waals surface area contributed by atoms with Gasteiger partial charge in [-0.2, -0.15) is 0 Å². The number of piperidine rings is 1. The lowest BCUT2D eigenvalue weighted by Gasteiger charge is -2.35. The molecule has 0 radical (unpaired) electrons. The zero-order chi connectivity index (χ0) is 14.1. The summed E-state index contributed by atoms with van der Waals surface area (Å²) in [5, 5.41) is 0. The second-order valence-electron chi connectivity index (χ2n) is 5.43. The predicted octanol–water partition coefficient (Wildman–Crippen LogP) is 1.84. The van der Waals surface area contributed by atoms with Gasteiger partial charge in [-0.1, -0.05) is 6.42 Å². The summed E-state index contributed by atoms with van der Waals surface area (Å²) in [6.07, 6.45) is 6.68. The molecule has 0 bridgehead atoms. The SMILES string of the molecule is CCN(CC)C(=O)CCCN1CCCCC1CCN. The van der Waals surface area contributed by atoms with Gasteiger partial charge in [-0.3, -0.25) is 4.79 Å². The van der Waals surface area contributed by atoms with Crippen LogP contribution in [-0.4, -0.2) is 54.5 Å². The molecule has 1 rings (SSSR count). The molecule has 0 spiro atoms. The molecule has 0 aromatic heterocycles. The van der Waals surface area contributed by atoms with Crippen LogP contribution in [0.3, 0.4) is 0 Å². The van der Waals surface area contributed by atoms with Crippen LogP contribution in [0.2, 0.25) is 0 Å². The van der Waals surface area contributed by atoms with E-state index >= 15 is 0 Å². The molecule has 0 aliphatic carbocycles. The predicted molar refractivity (Wildman–Crippen MR) is 80.0 cm³/mol. The topological polar surface area (TPSA) is 49.6 Å². The molecule has 4 nitrogen and oxygen atoms in total. The van der Waals surface area contributed by atoms with Crippen molar-refractivity contribution in [2.75, 3.05) is 32.7 Å². The van der Waals surface area contributed by atoms with Crippen LogP contribution in [0.4, 0.5) is 0 Å². The van der Waals surface area contributed by atoms with Crippen molar-refractivity contribution in [3.05, 3.63) is 0 Å². The second-order valence-corrected chi connectivity index (χ2v) is 5.43. The number of nitrogens with two attached hydrogens (primary N) is 1. The van der Waals surface area contributed by atoms with Gasteiger partial charge in [0.2, 0.25) is 5.91 Å². The van der Waals surface area contributed by atoms with E-state index in [4.69, 9.17) is 5.73 Å². The van der Waals surface area contributed by atoms with Crippen molar-refractivity contribution in [3.63, 3.8) is 0 Å². The van der Waals surface area contributed by atoms with Crippen LogP contribution in [0.15, 0.2) is 0 Å². The van der Waals surface area contributed by atoms with Crippen molar-refractivity contribution in [2.24, 2.45) is 5.73 Å². The largest absolute Gasteiger partial charge is 0.343 e. The van der Waals surface area contributed by atoms with Crippen LogP contribution in [0.25, 0.3) is 0 Å². The molecule has 1 unspecified atom stereocenters. The van der Waals surface area contributed by atoms with Crippen molar-refractivity contribution in [1.29, 1.82) is 0 Å². The Balaban J connectivity index is 2.28. The first kappa shape index (κ1) is 16.4. The maximum atomic E-state index is 11.9. The van der Waals surface area contributed by atoms with Gasteiger partial charge in [-0.15, -0.1) is 0 Å². The fraction of sp³-hybridized carbons (Fsp3) is 0.933. The Hall–Kier alpha value is -0.610. The van der Waals surface area contributed by atoms with Gasteiger partial charge in [0.15, 0.2) is 0 Å². The van der Waals surface area contributed by atoms with Crippen LogP contribution in [0.1, 0.15) is 52.4 Å². The van der Waals surface area contributed by atoms with Crippen LogP contribution in [0, 0.1) is 0 Å². The number of carbonyl (C=O) groups is 1. The third kappa shape index (κ3) is 5.49. The molecule has 112 valence electrons. The summed E-state index contributed by atoms with van der Waals surface area (Å²) in [4.78, 5) is 16.4. The Morgan fingerprint density at radius 1 is 1.32 bits per heavy atom. The number of amides is 1. The summed E-state index contributed by atoms with van der Waals surface area (Å²) >= 11 is 0. The number of rotatable bonds is 8. The first-order valence-corrected chi connectivity index (χ1v) is 7.94. The van der Waals surface area contributed by atoms with Gasteiger partial charge in [-0.25, -0.2) is 0 Å². The van der Waals surface area contributed by atoms with Crippen LogP contribution in [0.5, 0.6) is 0 Å². The van der Waals surface area contributed by atoms with Crippen LogP contribution < -0.4 is 5.73 Å². The number of hydrogen-bond acceptors (Lipinski definition) is 3. The van der Waals surface area contributed by atoms with Crippen LogP contribution >= 0.6 is 0 Å². The van der Waals surface area contributed by atoms with Gasteiger partial charge in [0, 0.05) is 25.6 Å². The van der Waals surface area contributed by atoms with Gasteiger partial charge in [0.05, 0.1) is 0 Å². The minimum atomic E-state index is 0.303. The van der Waals surface area contributed by atoms with E-state index in [2.05, 4.69) is 4.90 Å².